The second kappa shape index (κ2) is 8.55. The van der Waals surface area contributed by atoms with E-state index in [0.717, 1.165) is 16.5 Å². The molecule has 1 amide bonds. The van der Waals surface area contributed by atoms with Gasteiger partial charge < -0.3 is 9.84 Å². The van der Waals surface area contributed by atoms with Crippen molar-refractivity contribution in [3.8, 4) is 11.5 Å². The van der Waals surface area contributed by atoms with Gasteiger partial charge in [-0.3, -0.25) is 14.2 Å². The minimum atomic E-state index is -0.302. The van der Waals surface area contributed by atoms with E-state index in [1.165, 1.54) is 10.6 Å². The van der Waals surface area contributed by atoms with Gasteiger partial charge in [0.1, 0.15) is 6.54 Å². The fraction of sp³-hybridized carbons (Fsp3) is 0.250. The molecule has 0 radical (unpaired) electrons. The number of pyridine rings is 1. The maximum absolute atomic E-state index is 12.9. The van der Waals surface area contributed by atoms with E-state index >= 15 is 0 Å². The van der Waals surface area contributed by atoms with Crippen molar-refractivity contribution < 1.29 is 9.32 Å². The van der Waals surface area contributed by atoms with Gasteiger partial charge >= 0.3 is 0 Å². The van der Waals surface area contributed by atoms with Gasteiger partial charge in [-0.25, -0.2) is 0 Å². The van der Waals surface area contributed by atoms with Crippen molar-refractivity contribution in [3.05, 3.63) is 81.9 Å². The molecule has 0 aliphatic heterocycles. The summed E-state index contributed by atoms with van der Waals surface area (Å²) in [6, 6.07) is 16.7. The number of fused-ring (bicyclic) bond motifs is 1. The van der Waals surface area contributed by atoms with Gasteiger partial charge in [-0.05, 0) is 24.1 Å². The van der Waals surface area contributed by atoms with Crippen LogP contribution in [0.4, 0.5) is 0 Å². The quantitative estimate of drug-likeness (QED) is 0.516. The third-order valence-electron chi connectivity index (χ3n) is 5.25. The van der Waals surface area contributed by atoms with Gasteiger partial charge in [-0.2, -0.15) is 4.98 Å². The monoisotopic (exact) mass is 416 g/mol. The smallest absolute Gasteiger partial charge is 0.258 e. The lowest BCUT2D eigenvalue weighted by Crippen LogP contribution is -2.32. The number of nitrogens with one attached hydrogen (secondary N) is 1. The SMILES string of the molecule is Cc1ccccc1CNC(=O)Cn1c(=O)cc(-c2nc(C(C)C)no2)c2ccccc21. The molecule has 2 aromatic heterocycles. The number of benzene rings is 2. The lowest BCUT2D eigenvalue weighted by atomic mass is 10.1. The summed E-state index contributed by atoms with van der Waals surface area (Å²) in [4.78, 5) is 30.0. The molecule has 2 heterocycles. The molecule has 2 aromatic carbocycles. The van der Waals surface area contributed by atoms with E-state index in [2.05, 4.69) is 15.5 Å². The van der Waals surface area contributed by atoms with E-state index in [1.54, 1.807) is 0 Å². The van der Waals surface area contributed by atoms with Crippen LogP contribution in [-0.4, -0.2) is 20.6 Å². The molecule has 7 heteroatoms. The van der Waals surface area contributed by atoms with Crippen molar-refractivity contribution in [2.45, 2.75) is 39.8 Å². The van der Waals surface area contributed by atoms with E-state index in [0.29, 0.717) is 29.3 Å². The fourth-order valence-electron chi connectivity index (χ4n) is 3.46. The molecule has 0 spiro atoms. The molecule has 31 heavy (non-hydrogen) atoms. The zero-order chi connectivity index (χ0) is 22.0. The molecule has 0 unspecified atom stereocenters. The van der Waals surface area contributed by atoms with Crippen LogP contribution in [-0.2, 0) is 17.9 Å². The number of aryl methyl sites for hydroxylation is 1. The van der Waals surface area contributed by atoms with E-state index in [1.807, 2.05) is 69.3 Å². The Morgan fingerprint density at radius 3 is 2.61 bits per heavy atom. The van der Waals surface area contributed by atoms with Crippen molar-refractivity contribution in [3.63, 3.8) is 0 Å². The third kappa shape index (κ3) is 4.26. The molecular formula is C24H24N4O3. The lowest BCUT2D eigenvalue weighted by molar-refractivity contribution is -0.121. The topological polar surface area (TPSA) is 90.0 Å². The van der Waals surface area contributed by atoms with Crippen LogP contribution < -0.4 is 10.9 Å². The first kappa shape index (κ1) is 20.5. The zero-order valence-electron chi connectivity index (χ0n) is 17.8. The first-order valence-electron chi connectivity index (χ1n) is 10.2. The molecule has 4 aromatic rings. The number of aromatic nitrogens is 3. The third-order valence-corrected chi connectivity index (χ3v) is 5.25. The van der Waals surface area contributed by atoms with Crippen LogP contribution in [0.2, 0.25) is 0 Å². The molecule has 0 saturated carbocycles. The van der Waals surface area contributed by atoms with Gasteiger partial charge in [-0.1, -0.05) is 61.5 Å². The fourth-order valence-corrected chi connectivity index (χ4v) is 3.46. The normalized spacial score (nSPS) is 11.2. The maximum atomic E-state index is 12.9. The first-order valence-corrected chi connectivity index (χ1v) is 10.2. The highest BCUT2D eigenvalue weighted by atomic mass is 16.5. The van der Waals surface area contributed by atoms with Crippen molar-refractivity contribution in [1.82, 2.24) is 20.0 Å². The van der Waals surface area contributed by atoms with Crippen LogP contribution in [0.25, 0.3) is 22.4 Å². The molecule has 0 atom stereocenters. The standard InChI is InChI=1S/C24H24N4O3/c1-15(2)23-26-24(31-27-23)19-12-22(30)28(20-11-7-6-10-18(19)20)14-21(29)25-13-17-9-5-4-8-16(17)3/h4-12,15H,13-14H2,1-3H3,(H,25,29). The first-order chi connectivity index (χ1) is 14.9. The second-order valence-electron chi connectivity index (χ2n) is 7.82. The maximum Gasteiger partial charge on any atom is 0.258 e. The van der Waals surface area contributed by atoms with Crippen LogP contribution in [0.15, 0.2) is 63.9 Å². The number of para-hydroxylation sites is 1. The summed E-state index contributed by atoms with van der Waals surface area (Å²) in [7, 11) is 0. The summed E-state index contributed by atoms with van der Waals surface area (Å²) >= 11 is 0. The molecule has 0 bridgehead atoms. The van der Waals surface area contributed by atoms with Crippen LogP contribution in [0.3, 0.4) is 0 Å². The molecule has 7 nitrogen and oxygen atoms in total. The van der Waals surface area contributed by atoms with E-state index < -0.39 is 0 Å². The Balaban J connectivity index is 1.64. The predicted octanol–water partition coefficient (Wildman–Crippen LogP) is 3.80. The van der Waals surface area contributed by atoms with Crippen molar-refractivity contribution in [1.29, 1.82) is 0 Å². The molecule has 0 saturated heterocycles. The number of hydrogen-bond acceptors (Lipinski definition) is 5. The number of nitrogens with zero attached hydrogens (tertiary/aromatic N) is 3. The molecule has 0 fully saturated rings. The average molecular weight is 416 g/mol. The van der Waals surface area contributed by atoms with E-state index in [-0.39, 0.29) is 23.9 Å². The highest BCUT2D eigenvalue weighted by molar-refractivity contribution is 5.93. The van der Waals surface area contributed by atoms with E-state index in [4.69, 9.17) is 4.52 Å². The van der Waals surface area contributed by atoms with Crippen LogP contribution >= 0.6 is 0 Å². The summed E-state index contributed by atoms with van der Waals surface area (Å²) in [6.07, 6.45) is 0. The van der Waals surface area contributed by atoms with Gasteiger partial charge in [0.15, 0.2) is 5.82 Å². The Kier molecular flexibility index (Phi) is 5.66. The van der Waals surface area contributed by atoms with Crippen molar-refractivity contribution in [2.75, 3.05) is 0 Å². The van der Waals surface area contributed by atoms with Crippen molar-refractivity contribution >= 4 is 16.8 Å². The minimum Gasteiger partial charge on any atom is -0.350 e. The Labute approximate surface area is 179 Å². The van der Waals surface area contributed by atoms with Crippen LogP contribution in [0.1, 0.15) is 36.7 Å². The molecule has 158 valence electrons. The van der Waals surface area contributed by atoms with Gasteiger partial charge in [0.25, 0.3) is 11.4 Å². The van der Waals surface area contributed by atoms with Gasteiger partial charge in [0.2, 0.25) is 5.91 Å². The summed E-state index contributed by atoms with van der Waals surface area (Å²) in [5.74, 6) is 0.760. The number of rotatable bonds is 6. The minimum absolute atomic E-state index is 0.0768. The summed E-state index contributed by atoms with van der Waals surface area (Å²) in [5, 5.41) is 7.67. The zero-order valence-corrected chi connectivity index (χ0v) is 17.8. The summed E-state index contributed by atoms with van der Waals surface area (Å²) in [5.41, 5.74) is 3.05. The summed E-state index contributed by atoms with van der Waals surface area (Å²) in [6.45, 7) is 6.28. The number of amides is 1. The van der Waals surface area contributed by atoms with Gasteiger partial charge in [-0.15, -0.1) is 0 Å². The Morgan fingerprint density at radius 1 is 1.13 bits per heavy atom. The highest BCUT2D eigenvalue weighted by Gasteiger charge is 2.18. The van der Waals surface area contributed by atoms with E-state index in [9.17, 15) is 9.59 Å². The predicted molar refractivity (Wildman–Crippen MR) is 119 cm³/mol. The van der Waals surface area contributed by atoms with Crippen molar-refractivity contribution in [2.24, 2.45) is 0 Å². The highest BCUT2D eigenvalue weighted by Crippen LogP contribution is 2.27. The van der Waals surface area contributed by atoms with Crippen LogP contribution in [0.5, 0.6) is 0 Å². The molecule has 0 aliphatic carbocycles. The summed E-state index contributed by atoms with van der Waals surface area (Å²) < 4.78 is 6.87. The molecule has 0 aliphatic rings. The molecular weight excluding hydrogens is 392 g/mol. The number of carbonyl (C=O) groups is 1. The Bertz CT molecular complexity index is 1300. The second-order valence-corrected chi connectivity index (χ2v) is 7.82. The number of carbonyl (C=O) groups excluding carboxylic acids is 1. The Morgan fingerprint density at radius 2 is 1.87 bits per heavy atom. The van der Waals surface area contributed by atoms with Gasteiger partial charge in [0, 0.05) is 23.9 Å². The molecule has 1 N–H and O–H groups in total. The lowest BCUT2D eigenvalue weighted by Gasteiger charge is -2.13. The largest absolute Gasteiger partial charge is 0.350 e. The van der Waals surface area contributed by atoms with Gasteiger partial charge in [0.05, 0.1) is 11.1 Å². The van der Waals surface area contributed by atoms with Crippen LogP contribution in [0, 0.1) is 6.92 Å². The number of hydrogen-bond donors (Lipinski definition) is 1. The average Bonchev–Trinajstić information content (AvgIpc) is 3.25. The Hall–Kier alpha value is -3.74. The molecule has 4 rings (SSSR count).